The van der Waals surface area contributed by atoms with Gasteiger partial charge in [0.1, 0.15) is 0 Å². The first-order valence-electron chi connectivity index (χ1n) is 1.89. The molecule has 1 nitrogen and oxygen atoms in total. The molecule has 7 heteroatoms. The minimum Gasteiger partial charge on any atom is -0.229 e. The standard InChI is InChI=1S/C3HF4I2N/c4-2(10(8)9)1-3(5,6)7/h1H/b2-1-. The van der Waals surface area contributed by atoms with Crippen molar-refractivity contribution in [2.24, 2.45) is 0 Å². The van der Waals surface area contributed by atoms with Crippen molar-refractivity contribution in [2.75, 3.05) is 0 Å². The average Bonchev–Trinajstić information content (AvgIpc) is 1.60. The monoisotopic (exact) mass is 381 g/mol. The van der Waals surface area contributed by atoms with Crippen LogP contribution in [0.1, 0.15) is 0 Å². The molecule has 0 saturated heterocycles. The normalized spacial score (nSPS) is 13.6. The molecule has 0 N–H and O–H groups in total. The second-order valence-corrected chi connectivity index (χ2v) is 5.02. The summed E-state index contributed by atoms with van der Waals surface area (Å²) in [5.41, 5.74) is 0. The maximum atomic E-state index is 12.1. The van der Waals surface area contributed by atoms with Crippen LogP contribution >= 0.6 is 45.7 Å². The number of rotatable bonds is 1. The SMILES string of the molecule is F/C(=C/C(F)(F)F)N(I)I. The summed E-state index contributed by atoms with van der Waals surface area (Å²) in [5.74, 6) is -1.33. The van der Waals surface area contributed by atoms with E-state index in [0.717, 1.165) is 0 Å². The molecule has 0 heterocycles. The molecule has 0 spiro atoms. The Balaban J connectivity index is 4.17. The molecule has 0 bridgehead atoms. The van der Waals surface area contributed by atoms with Crippen LogP contribution in [0.5, 0.6) is 0 Å². The van der Waals surface area contributed by atoms with E-state index in [1.54, 1.807) is 0 Å². The van der Waals surface area contributed by atoms with Gasteiger partial charge in [-0.2, -0.15) is 17.6 Å². The minimum atomic E-state index is -4.58. The second-order valence-electron chi connectivity index (χ2n) is 1.24. The molecular formula is C3HF4I2N. The van der Waals surface area contributed by atoms with E-state index < -0.39 is 18.2 Å². The number of nitrogens with zero attached hydrogens (tertiary/aromatic N) is 1. The fourth-order valence-corrected chi connectivity index (χ4v) is 0.462. The van der Waals surface area contributed by atoms with E-state index in [4.69, 9.17) is 0 Å². The summed E-state index contributed by atoms with van der Waals surface area (Å²) in [4.78, 5) is 0. The van der Waals surface area contributed by atoms with Crippen molar-refractivity contribution in [3.8, 4) is 0 Å². The molecule has 0 rings (SSSR count). The summed E-state index contributed by atoms with van der Waals surface area (Å²) < 4.78 is 46.7. The van der Waals surface area contributed by atoms with Gasteiger partial charge >= 0.3 is 6.18 Å². The van der Waals surface area contributed by atoms with Gasteiger partial charge in [0.05, 0.1) is 51.8 Å². The van der Waals surface area contributed by atoms with Crippen LogP contribution < -0.4 is 0 Å². The predicted molar refractivity (Wildman–Crippen MR) is 45.1 cm³/mol. The Kier molecular flexibility index (Phi) is 4.21. The summed E-state index contributed by atoms with van der Waals surface area (Å²) in [7, 11) is 0. The lowest BCUT2D eigenvalue weighted by Crippen LogP contribution is -2.04. The maximum absolute atomic E-state index is 12.1. The molecule has 0 unspecified atom stereocenters. The van der Waals surface area contributed by atoms with Crippen molar-refractivity contribution in [1.82, 2.24) is 1.33 Å². The third kappa shape index (κ3) is 5.50. The van der Waals surface area contributed by atoms with Gasteiger partial charge in [0.15, 0.2) is 0 Å². The Morgan fingerprint density at radius 3 is 1.80 bits per heavy atom. The smallest absolute Gasteiger partial charge is 0.229 e. The van der Waals surface area contributed by atoms with Crippen LogP contribution in [0.4, 0.5) is 17.6 Å². The highest BCUT2D eigenvalue weighted by molar-refractivity contribution is 14.2. The zero-order valence-corrected chi connectivity index (χ0v) is 8.61. The molecule has 0 aliphatic carbocycles. The number of hydrogen-bond acceptors (Lipinski definition) is 1. The lowest BCUT2D eigenvalue weighted by atomic mass is 10.6. The molecule has 0 atom stereocenters. The quantitative estimate of drug-likeness (QED) is 0.292. The Labute approximate surface area is 82.4 Å². The molecule has 0 fully saturated rings. The van der Waals surface area contributed by atoms with E-state index in [0.29, 0.717) is 1.33 Å². The van der Waals surface area contributed by atoms with Crippen molar-refractivity contribution in [2.45, 2.75) is 6.18 Å². The van der Waals surface area contributed by atoms with E-state index in [1.165, 1.54) is 45.7 Å². The van der Waals surface area contributed by atoms with E-state index in [1.807, 2.05) is 0 Å². The van der Waals surface area contributed by atoms with Crippen LogP contribution in [-0.2, 0) is 0 Å². The van der Waals surface area contributed by atoms with Gasteiger partial charge in [0, 0.05) is 0 Å². The minimum absolute atomic E-state index is 0.411. The van der Waals surface area contributed by atoms with Gasteiger partial charge in [-0.1, -0.05) is 0 Å². The molecule has 0 aromatic rings. The fourth-order valence-electron chi connectivity index (χ4n) is 0.184. The number of hydrogen-bond donors (Lipinski definition) is 0. The first-order chi connectivity index (χ1) is 4.33. The summed E-state index contributed by atoms with van der Waals surface area (Å²) in [5, 5.41) is 0. The zero-order chi connectivity index (χ0) is 8.36. The highest BCUT2D eigenvalue weighted by atomic mass is 127. The van der Waals surface area contributed by atoms with Gasteiger partial charge in [-0.15, -0.1) is 0 Å². The van der Waals surface area contributed by atoms with Gasteiger partial charge in [-0.3, -0.25) is 0 Å². The number of alkyl halides is 3. The molecule has 0 saturated carbocycles. The Morgan fingerprint density at radius 1 is 1.30 bits per heavy atom. The summed E-state index contributed by atoms with van der Waals surface area (Å²) in [6.07, 6.45) is -5.00. The molecular weight excluding hydrogens is 380 g/mol. The van der Waals surface area contributed by atoms with E-state index >= 15 is 0 Å². The first kappa shape index (κ1) is 10.7. The Morgan fingerprint density at radius 2 is 1.70 bits per heavy atom. The average molecular weight is 381 g/mol. The van der Waals surface area contributed by atoms with E-state index in [2.05, 4.69) is 0 Å². The molecule has 0 amide bonds. The van der Waals surface area contributed by atoms with E-state index in [-0.39, 0.29) is 0 Å². The van der Waals surface area contributed by atoms with Crippen LogP contribution in [0.15, 0.2) is 12.0 Å². The van der Waals surface area contributed by atoms with Crippen LogP contribution in [0.25, 0.3) is 0 Å². The molecule has 0 aromatic carbocycles. The van der Waals surface area contributed by atoms with E-state index in [9.17, 15) is 17.6 Å². The lowest BCUT2D eigenvalue weighted by Gasteiger charge is -2.03. The van der Waals surface area contributed by atoms with Crippen molar-refractivity contribution in [3.05, 3.63) is 12.0 Å². The zero-order valence-electron chi connectivity index (χ0n) is 4.29. The van der Waals surface area contributed by atoms with Crippen LogP contribution in [0, 0.1) is 0 Å². The topological polar surface area (TPSA) is 3.24 Å². The van der Waals surface area contributed by atoms with Crippen molar-refractivity contribution in [1.29, 1.82) is 0 Å². The van der Waals surface area contributed by atoms with Gasteiger partial charge in [0.2, 0.25) is 5.95 Å². The highest BCUT2D eigenvalue weighted by Gasteiger charge is 2.26. The molecule has 60 valence electrons. The van der Waals surface area contributed by atoms with Gasteiger partial charge in [-0.05, 0) is 0 Å². The van der Waals surface area contributed by atoms with Crippen LogP contribution in [-0.4, -0.2) is 7.50 Å². The second kappa shape index (κ2) is 3.93. The highest BCUT2D eigenvalue weighted by Crippen LogP contribution is 2.24. The molecule has 0 aromatic heterocycles. The third-order valence-electron chi connectivity index (χ3n) is 0.444. The third-order valence-corrected chi connectivity index (χ3v) is 1.37. The van der Waals surface area contributed by atoms with Crippen molar-refractivity contribution >= 4 is 45.7 Å². The predicted octanol–water partition coefficient (Wildman–Crippen LogP) is 3.36. The molecule has 0 aliphatic heterocycles. The van der Waals surface area contributed by atoms with Gasteiger partial charge in [-0.25, -0.2) is 1.33 Å². The van der Waals surface area contributed by atoms with Crippen molar-refractivity contribution < 1.29 is 17.6 Å². The fraction of sp³-hybridized carbons (Fsp3) is 0.333. The number of halogens is 6. The Hall–Kier alpha value is 0.720. The molecule has 0 aliphatic rings. The van der Waals surface area contributed by atoms with Crippen LogP contribution in [0.2, 0.25) is 0 Å². The Bertz CT molecular complexity index is 140. The number of allylic oxidation sites excluding steroid dienone is 1. The molecule has 10 heavy (non-hydrogen) atoms. The summed E-state index contributed by atoms with van der Waals surface area (Å²) >= 11 is 2.77. The summed E-state index contributed by atoms with van der Waals surface area (Å²) in [6.45, 7) is 0. The maximum Gasteiger partial charge on any atom is 0.414 e. The summed E-state index contributed by atoms with van der Waals surface area (Å²) in [6, 6.07) is 0. The molecule has 0 radical (unpaired) electrons. The largest absolute Gasteiger partial charge is 0.414 e. The van der Waals surface area contributed by atoms with Crippen molar-refractivity contribution in [3.63, 3.8) is 0 Å². The van der Waals surface area contributed by atoms with Crippen LogP contribution in [0.3, 0.4) is 0 Å². The lowest BCUT2D eigenvalue weighted by molar-refractivity contribution is -0.0817. The van der Waals surface area contributed by atoms with Gasteiger partial charge in [0.25, 0.3) is 0 Å². The first-order valence-corrected chi connectivity index (χ1v) is 3.82. The van der Waals surface area contributed by atoms with Gasteiger partial charge < -0.3 is 0 Å².